The summed E-state index contributed by atoms with van der Waals surface area (Å²) in [5, 5.41) is 5.06. The van der Waals surface area contributed by atoms with E-state index >= 15 is 0 Å². The number of nitrogens with two attached hydrogens (primary N) is 1. The number of nitrogens with one attached hydrogen (secondary N) is 1. The smallest absolute Gasteiger partial charge is 0.213 e. The Morgan fingerprint density at radius 2 is 2.12 bits per heavy atom. The van der Waals surface area contributed by atoms with Gasteiger partial charge in [-0.15, -0.1) is 5.10 Å². The average Bonchev–Trinajstić information content (AvgIpc) is 3.25. The monoisotopic (exact) mass is 398 g/mol. The first-order valence-electron chi connectivity index (χ1n) is 9.08. The van der Waals surface area contributed by atoms with Crippen LogP contribution in [0.5, 0.6) is 5.75 Å². The van der Waals surface area contributed by atoms with Crippen LogP contribution >= 0.6 is 23.2 Å². The maximum absolute atomic E-state index is 6.46. The molecule has 0 amide bonds. The molecule has 3 heterocycles. The zero-order valence-corrected chi connectivity index (χ0v) is 16.3. The fourth-order valence-electron chi connectivity index (χ4n) is 4.09. The number of benzene rings is 1. The summed E-state index contributed by atoms with van der Waals surface area (Å²) in [5.74, 6) is 1.21. The first kappa shape index (κ1) is 18.2. The molecule has 0 bridgehead atoms. The molecular formula is C18H24Cl2N4O2. The van der Waals surface area contributed by atoms with Crippen LogP contribution in [0.25, 0.3) is 0 Å². The van der Waals surface area contributed by atoms with Crippen molar-refractivity contribution in [1.29, 1.82) is 0 Å². The lowest BCUT2D eigenvalue weighted by molar-refractivity contribution is 0.0974. The van der Waals surface area contributed by atoms with Gasteiger partial charge in [-0.25, -0.2) is 0 Å². The van der Waals surface area contributed by atoms with Crippen molar-refractivity contribution in [2.45, 2.75) is 38.3 Å². The van der Waals surface area contributed by atoms with Crippen LogP contribution in [0.3, 0.4) is 0 Å². The van der Waals surface area contributed by atoms with Gasteiger partial charge in [-0.05, 0) is 31.9 Å². The minimum Gasteiger partial charge on any atom is -0.438 e. The molecule has 3 aliphatic rings. The molecule has 0 unspecified atom stereocenters. The number of hydrogen-bond donors (Lipinski definition) is 2. The van der Waals surface area contributed by atoms with Gasteiger partial charge in [0.1, 0.15) is 5.02 Å². The van der Waals surface area contributed by atoms with Crippen LogP contribution < -0.4 is 20.8 Å². The van der Waals surface area contributed by atoms with E-state index in [9.17, 15) is 0 Å². The van der Waals surface area contributed by atoms with Crippen molar-refractivity contribution >= 4 is 34.8 Å². The van der Waals surface area contributed by atoms with Crippen molar-refractivity contribution in [2.75, 3.05) is 31.1 Å². The summed E-state index contributed by atoms with van der Waals surface area (Å²) >= 11 is 12.7. The predicted molar refractivity (Wildman–Crippen MR) is 104 cm³/mol. The summed E-state index contributed by atoms with van der Waals surface area (Å²) in [7, 11) is 0. The van der Waals surface area contributed by atoms with Gasteiger partial charge in [-0.2, -0.15) is 0 Å². The summed E-state index contributed by atoms with van der Waals surface area (Å²) in [6.45, 7) is 5.33. The van der Waals surface area contributed by atoms with Gasteiger partial charge < -0.3 is 25.5 Å². The fraction of sp³-hybridized carbons (Fsp3) is 0.611. The molecular weight excluding hydrogens is 375 g/mol. The van der Waals surface area contributed by atoms with Gasteiger partial charge in [0, 0.05) is 37.5 Å². The van der Waals surface area contributed by atoms with Gasteiger partial charge in [-0.1, -0.05) is 23.2 Å². The zero-order chi connectivity index (χ0) is 18.3. The van der Waals surface area contributed by atoms with E-state index in [1.165, 1.54) is 0 Å². The predicted octanol–water partition coefficient (Wildman–Crippen LogP) is 3.01. The van der Waals surface area contributed by atoms with Gasteiger partial charge >= 0.3 is 0 Å². The highest BCUT2D eigenvalue weighted by atomic mass is 35.5. The summed E-state index contributed by atoms with van der Waals surface area (Å²) in [6.07, 6.45) is 2.83. The van der Waals surface area contributed by atoms with Gasteiger partial charge in [0.05, 0.1) is 23.4 Å². The topological polar surface area (TPSA) is 72.1 Å². The third kappa shape index (κ3) is 3.13. The molecule has 2 atom stereocenters. The highest BCUT2D eigenvalue weighted by Crippen LogP contribution is 2.46. The highest BCUT2D eigenvalue weighted by Gasteiger charge is 2.47. The lowest BCUT2D eigenvalue weighted by Gasteiger charge is -2.42. The summed E-state index contributed by atoms with van der Waals surface area (Å²) in [6, 6.07) is 3.88. The molecule has 2 fully saturated rings. The number of rotatable bonds is 2. The largest absolute Gasteiger partial charge is 0.438 e. The van der Waals surface area contributed by atoms with Gasteiger partial charge in [0.15, 0.2) is 5.75 Å². The van der Waals surface area contributed by atoms with Gasteiger partial charge in [0.25, 0.3) is 0 Å². The van der Waals surface area contributed by atoms with E-state index in [1.54, 1.807) is 0 Å². The van der Waals surface area contributed by atoms with Crippen molar-refractivity contribution < 1.29 is 9.47 Å². The number of anilines is 1. The van der Waals surface area contributed by atoms with Crippen molar-refractivity contribution in [3.63, 3.8) is 0 Å². The normalized spacial score (nSPS) is 27.5. The molecule has 6 nitrogen and oxygen atoms in total. The molecule has 1 spiro atoms. The second kappa shape index (κ2) is 7.08. The van der Waals surface area contributed by atoms with Crippen molar-refractivity contribution in [2.24, 2.45) is 16.3 Å². The van der Waals surface area contributed by atoms with Crippen LogP contribution in [-0.2, 0) is 4.74 Å². The molecule has 4 rings (SSSR count). The lowest BCUT2D eigenvalue weighted by Crippen LogP contribution is -2.50. The van der Waals surface area contributed by atoms with E-state index in [2.05, 4.69) is 22.4 Å². The van der Waals surface area contributed by atoms with Crippen LogP contribution in [-0.4, -0.2) is 44.3 Å². The molecule has 3 aliphatic heterocycles. The molecule has 0 aromatic heterocycles. The standard InChI is InChI=1S/C18H24Cl2N4O2/c1-11-17(21)18(10-25-11)5-8-24(9-6-18)13-3-2-12(19)15(20)16(13)26-14-4-7-22-23-14/h2-3,11,17,22H,4-10,21H2,1H3/t11-,17+/m0/s1. The van der Waals surface area contributed by atoms with E-state index in [0.29, 0.717) is 21.7 Å². The Labute approximate surface area is 163 Å². The Bertz CT molecular complexity index is 719. The van der Waals surface area contributed by atoms with E-state index in [1.807, 2.05) is 12.1 Å². The minimum atomic E-state index is 0.0760. The third-order valence-electron chi connectivity index (χ3n) is 5.85. The van der Waals surface area contributed by atoms with Crippen LogP contribution in [0.2, 0.25) is 10.0 Å². The second-order valence-electron chi connectivity index (χ2n) is 7.37. The molecule has 142 valence electrons. The van der Waals surface area contributed by atoms with E-state index < -0.39 is 0 Å². The summed E-state index contributed by atoms with van der Waals surface area (Å²) in [5.41, 5.74) is 10.4. The highest BCUT2D eigenvalue weighted by molar-refractivity contribution is 6.43. The lowest BCUT2D eigenvalue weighted by atomic mass is 9.73. The molecule has 1 aromatic rings. The zero-order valence-electron chi connectivity index (χ0n) is 14.8. The first-order chi connectivity index (χ1) is 12.5. The number of piperidine rings is 1. The molecule has 3 N–H and O–H groups in total. The number of hydrazone groups is 1. The van der Waals surface area contributed by atoms with Crippen molar-refractivity contribution in [3.05, 3.63) is 22.2 Å². The molecule has 2 saturated heterocycles. The molecule has 1 aromatic carbocycles. The van der Waals surface area contributed by atoms with Crippen molar-refractivity contribution in [1.82, 2.24) is 5.43 Å². The van der Waals surface area contributed by atoms with Crippen LogP contribution in [0, 0.1) is 5.41 Å². The van der Waals surface area contributed by atoms with Crippen LogP contribution in [0.1, 0.15) is 26.2 Å². The van der Waals surface area contributed by atoms with Crippen LogP contribution in [0.4, 0.5) is 5.69 Å². The molecule has 26 heavy (non-hydrogen) atoms. The molecule has 0 saturated carbocycles. The third-order valence-corrected chi connectivity index (χ3v) is 6.64. The number of halogens is 2. The SMILES string of the molecule is C[C@@H]1OCC2(CCN(c3ccc(Cl)c(Cl)c3OC3=NNCC3)CC2)[C@@H]1N. The Balaban J connectivity index is 1.56. The van der Waals surface area contributed by atoms with Gasteiger partial charge in [0.2, 0.25) is 5.90 Å². The maximum atomic E-state index is 6.46. The minimum absolute atomic E-state index is 0.0760. The maximum Gasteiger partial charge on any atom is 0.213 e. The quantitative estimate of drug-likeness (QED) is 0.800. The Morgan fingerprint density at radius 3 is 2.73 bits per heavy atom. The molecule has 8 heteroatoms. The van der Waals surface area contributed by atoms with Crippen LogP contribution in [0.15, 0.2) is 17.2 Å². The summed E-state index contributed by atoms with van der Waals surface area (Å²) in [4.78, 5) is 2.29. The Kier molecular flexibility index (Phi) is 4.94. The summed E-state index contributed by atoms with van der Waals surface area (Å²) < 4.78 is 11.8. The first-order valence-corrected chi connectivity index (χ1v) is 9.83. The second-order valence-corrected chi connectivity index (χ2v) is 8.15. The molecule has 0 radical (unpaired) electrons. The van der Waals surface area contributed by atoms with E-state index in [0.717, 1.165) is 51.2 Å². The van der Waals surface area contributed by atoms with Gasteiger partial charge in [-0.3, -0.25) is 0 Å². The number of nitrogens with zero attached hydrogens (tertiary/aromatic N) is 2. The average molecular weight is 399 g/mol. The van der Waals surface area contributed by atoms with E-state index in [4.69, 9.17) is 38.4 Å². The number of ether oxygens (including phenoxy) is 2. The number of hydrogen-bond acceptors (Lipinski definition) is 6. The van der Waals surface area contributed by atoms with E-state index in [-0.39, 0.29) is 17.6 Å². The van der Waals surface area contributed by atoms with Crippen molar-refractivity contribution in [3.8, 4) is 5.75 Å². The Morgan fingerprint density at radius 1 is 1.35 bits per heavy atom. The molecule has 0 aliphatic carbocycles. The Hall–Kier alpha value is -1.21. The fourth-order valence-corrected chi connectivity index (χ4v) is 4.44.